The highest BCUT2D eigenvalue weighted by Gasteiger charge is 1.98. The molecule has 1 rings (SSSR count). The maximum Gasteiger partial charge on any atom is 0.312 e. The van der Waals surface area contributed by atoms with Gasteiger partial charge in [-0.25, -0.2) is 4.79 Å². The van der Waals surface area contributed by atoms with Gasteiger partial charge >= 0.3 is 6.03 Å². The average molecular weight is 207 g/mol. The number of carbonyl (C=O) groups is 1. The molecule has 0 aliphatic rings. The van der Waals surface area contributed by atoms with Crippen LogP contribution in [0.25, 0.3) is 0 Å². The molecule has 0 aromatic heterocycles. The molecule has 0 heterocycles. The third-order valence-electron chi connectivity index (χ3n) is 2.15. The standard InChI is InChI=1S/C11H17N3O/c1-8-4-9(2-3-14-11(13)15)6-10(5-8)7-12/h4-6H,2-3,7,12H2,1H3,(H3,13,14,15). The number of primary amides is 1. The molecular weight excluding hydrogens is 190 g/mol. The SMILES string of the molecule is Cc1cc(CN)cc(CCNC(N)=O)c1. The van der Waals surface area contributed by atoms with Crippen molar-refractivity contribution < 1.29 is 4.79 Å². The highest BCUT2D eigenvalue weighted by molar-refractivity contribution is 5.71. The molecule has 4 nitrogen and oxygen atoms in total. The highest BCUT2D eigenvalue weighted by Crippen LogP contribution is 2.09. The summed E-state index contributed by atoms with van der Waals surface area (Å²) in [5.41, 5.74) is 14.0. The number of carbonyl (C=O) groups excluding carboxylic acids is 1. The van der Waals surface area contributed by atoms with Gasteiger partial charge in [0.15, 0.2) is 0 Å². The summed E-state index contributed by atoms with van der Waals surface area (Å²) in [7, 11) is 0. The van der Waals surface area contributed by atoms with E-state index in [1.165, 1.54) is 11.1 Å². The summed E-state index contributed by atoms with van der Waals surface area (Å²) in [6, 6.07) is 5.71. The van der Waals surface area contributed by atoms with E-state index in [2.05, 4.69) is 23.5 Å². The number of nitrogens with two attached hydrogens (primary N) is 2. The second-order valence-corrected chi connectivity index (χ2v) is 3.57. The molecule has 0 saturated heterocycles. The van der Waals surface area contributed by atoms with Gasteiger partial charge in [-0.2, -0.15) is 0 Å². The molecule has 0 atom stereocenters. The number of nitrogens with one attached hydrogen (secondary N) is 1. The minimum atomic E-state index is -0.485. The van der Waals surface area contributed by atoms with Gasteiger partial charge in [0.25, 0.3) is 0 Å². The smallest absolute Gasteiger partial charge is 0.312 e. The first-order chi connectivity index (χ1) is 7.11. The van der Waals surface area contributed by atoms with Gasteiger partial charge in [-0.1, -0.05) is 23.8 Å². The van der Waals surface area contributed by atoms with Gasteiger partial charge in [-0.15, -0.1) is 0 Å². The van der Waals surface area contributed by atoms with Crippen molar-refractivity contribution in [1.82, 2.24) is 5.32 Å². The first kappa shape index (κ1) is 11.5. The highest BCUT2D eigenvalue weighted by atomic mass is 16.2. The molecular formula is C11H17N3O. The van der Waals surface area contributed by atoms with E-state index >= 15 is 0 Å². The van der Waals surface area contributed by atoms with Crippen LogP contribution < -0.4 is 16.8 Å². The molecule has 82 valence electrons. The molecule has 0 aliphatic heterocycles. The van der Waals surface area contributed by atoms with Crippen LogP contribution in [0.3, 0.4) is 0 Å². The van der Waals surface area contributed by atoms with Gasteiger partial charge in [-0.3, -0.25) is 0 Å². The molecule has 15 heavy (non-hydrogen) atoms. The van der Waals surface area contributed by atoms with E-state index in [9.17, 15) is 4.79 Å². The Kier molecular flexibility index (Phi) is 4.12. The summed E-state index contributed by atoms with van der Waals surface area (Å²) in [6.07, 6.45) is 0.775. The Morgan fingerprint density at radius 3 is 2.60 bits per heavy atom. The molecule has 4 heteroatoms. The summed E-state index contributed by atoms with van der Waals surface area (Å²) in [4.78, 5) is 10.5. The lowest BCUT2D eigenvalue weighted by Gasteiger charge is -2.06. The summed E-state index contributed by atoms with van der Waals surface area (Å²) in [5, 5.41) is 2.56. The summed E-state index contributed by atoms with van der Waals surface area (Å²) >= 11 is 0. The Labute approximate surface area is 89.6 Å². The molecule has 0 bridgehead atoms. The number of urea groups is 1. The van der Waals surface area contributed by atoms with Gasteiger partial charge < -0.3 is 16.8 Å². The Morgan fingerprint density at radius 2 is 2.00 bits per heavy atom. The molecule has 5 N–H and O–H groups in total. The van der Waals surface area contributed by atoms with Crippen molar-refractivity contribution in [2.24, 2.45) is 11.5 Å². The van der Waals surface area contributed by atoms with Crippen molar-refractivity contribution in [3.8, 4) is 0 Å². The lowest BCUT2D eigenvalue weighted by Crippen LogP contribution is -2.30. The predicted molar refractivity (Wildman–Crippen MR) is 60.4 cm³/mol. The van der Waals surface area contributed by atoms with Crippen molar-refractivity contribution in [3.05, 3.63) is 34.9 Å². The van der Waals surface area contributed by atoms with E-state index < -0.39 is 6.03 Å². The molecule has 2 amide bonds. The lowest BCUT2D eigenvalue weighted by atomic mass is 10.0. The Bertz CT molecular complexity index is 350. The number of rotatable bonds is 4. The fraction of sp³-hybridized carbons (Fsp3) is 0.364. The van der Waals surface area contributed by atoms with Crippen LogP contribution in [0.4, 0.5) is 4.79 Å². The van der Waals surface area contributed by atoms with Crippen molar-refractivity contribution in [2.75, 3.05) is 6.54 Å². The maximum atomic E-state index is 10.5. The number of aryl methyl sites for hydroxylation is 1. The van der Waals surface area contributed by atoms with Crippen LogP contribution in [0.15, 0.2) is 18.2 Å². The van der Waals surface area contributed by atoms with Crippen LogP contribution in [0, 0.1) is 6.92 Å². The maximum absolute atomic E-state index is 10.5. The van der Waals surface area contributed by atoms with Crippen LogP contribution in [0.1, 0.15) is 16.7 Å². The van der Waals surface area contributed by atoms with Crippen molar-refractivity contribution in [3.63, 3.8) is 0 Å². The Hall–Kier alpha value is -1.55. The fourth-order valence-corrected chi connectivity index (χ4v) is 1.54. The molecule has 0 fully saturated rings. The van der Waals surface area contributed by atoms with Crippen molar-refractivity contribution in [1.29, 1.82) is 0 Å². The van der Waals surface area contributed by atoms with Crippen molar-refractivity contribution >= 4 is 6.03 Å². The van der Waals surface area contributed by atoms with E-state index in [-0.39, 0.29) is 0 Å². The second kappa shape index (κ2) is 5.36. The third kappa shape index (κ3) is 3.99. The van der Waals surface area contributed by atoms with Gasteiger partial charge in [0, 0.05) is 13.1 Å². The van der Waals surface area contributed by atoms with E-state index in [0.717, 1.165) is 12.0 Å². The molecule has 0 spiro atoms. The van der Waals surface area contributed by atoms with Crippen LogP contribution >= 0.6 is 0 Å². The number of hydrogen-bond acceptors (Lipinski definition) is 2. The van der Waals surface area contributed by atoms with Crippen LogP contribution in [0.5, 0.6) is 0 Å². The number of benzene rings is 1. The van der Waals surface area contributed by atoms with Crippen LogP contribution in [-0.2, 0) is 13.0 Å². The predicted octanol–water partition coefficient (Wildman–Crippen LogP) is 0.665. The normalized spacial score (nSPS) is 10.0. The molecule has 0 unspecified atom stereocenters. The summed E-state index contributed by atoms with van der Waals surface area (Å²) in [5.74, 6) is 0. The molecule has 0 aliphatic carbocycles. The minimum absolute atomic E-state index is 0.485. The molecule has 1 aromatic rings. The molecule has 0 radical (unpaired) electrons. The zero-order chi connectivity index (χ0) is 11.3. The summed E-state index contributed by atoms with van der Waals surface area (Å²) < 4.78 is 0. The number of amides is 2. The zero-order valence-corrected chi connectivity index (χ0v) is 8.92. The fourth-order valence-electron chi connectivity index (χ4n) is 1.54. The van der Waals surface area contributed by atoms with E-state index in [1.807, 2.05) is 6.92 Å². The van der Waals surface area contributed by atoms with E-state index in [1.54, 1.807) is 0 Å². The van der Waals surface area contributed by atoms with Crippen molar-refractivity contribution in [2.45, 2.75) is 19.9 Å². The van der Waals surface area contributed by atoms with Crippen LogP contribution in [0.2, 0.25) is 0 Å². The first-order valence-electron chi connectivity index (χ1n) is 4.94. The molecule has 1 aromatic carbocycles. The Morgan fingerprint density at radius 1 is 1.33 bits per heavy atom. The minimum Gasteiger partial charge on any atom is -0.352 e. The first-order valence-corrected chi connectivity index (χ1v) is 4.94. The van der Waals surface area contributed by atoms with Gasteiger partial charge in [0.2, 0.25) is 0 Å². The van der Waals surface area contributed by atoms with Gasteiger partial charge in [0.1, 0.15) is 0 Å². The third-order valence-corrected chi connectivity index (χ3v) is 2.15. The number of hydrogen-bond donors (Lipinski definition) is 3. The largest absolute Gasteiger partial charge is 0.352 e. The van der Waals surface area contributed by atoms with Gasteiger partial charge in [-0.05, 0) is 24.5 Å². The monoisotopic (exact) mass is 207 g/mol. The quantitative estimate of drug-likeness (QED) is 0.678. The summed E-state index contributed by atoms with van der Waals surface area (Å²) in [6.45, 7) is 3.13. The topological polar surface area (TPSA) is 81.1 Å². The van der Waals surface area contributed by atoms with Gasteiger partial charge in [0.05, 0.1) is 0 Å². The lowest BCUT2D eigenvalue weighted by molar-refractivity contribution is 0.249. The zero-order valence-electron chi connectivity index (χ0n) is 8.92. The van der Waals surface area contributed by atoms with E-state index in [4.69, 9.17) is 11.5 Å². The Balaban J connectivity index is 2.60. The molecule has 0 saturated carbocycles. The van der Waals surface area contributed by atoms with Crippen LogP contribution in [-0.4, -0.2) is 12.6 Å². The van der Waals surface area contributed by atoms with E-state index in [0.29, 0.717) is 13.1 Å². The average Bonchev–Trinajstić information content (AvgIpc) is 2.16. The second-order valence-electron chi connectivity index (χ2n) is 3.57.